The van der Waals surface area contributed by atoms with Crippen molar-refractivity contribution in [3.05, 3.63) is 23.4 Å². The zero-order valence-corrected chi connectivity index (χ0v) is 9.43. The molecule has 1 fully saturated rings. The first-order valence-electron chi connectivity index (χ1n) is 5.47. The van der Waals surface area contributed by atoms with E-state index in [0.29, 0.717) is 17.1 Å². The number of carbonyl (C=O) groups excluding carboxylic acids is 1. The van der Waals surface area contributed by atoms with E-state index in [2.05, 4.69) is 4.98 Å². The lowest BCUT2D eigenvalue weighted by molar-refractivity contribution is -0.121. The molecule has 2 aliphatic rings. The number of allylic oxidation sites excluding steroid dienone is 1. The van der Waals surface area contributed by atoms with Gasteiger partial charge in [-0.2, -0.15) is 0 Å². The van der Waals surface area contributed by atoms with Gasteiger partial charge in [0, 0.05) is 18.8 Å². The summed E-state index contributed by atoms with van der Waals surface area (Å²) < 4.78 is 5.22. The number of ether oxygens (including phenoxy) is 1. The molecule has 0 bridgehead atoms. The Labute approximate surface area is 98.3 Å². The lowest BCUT2D eigenvalue weighted by atomic mass is 10.2. The molecule has 5 heteroatoms. The number of amides is 1. The number of fused-ring (bicyclic) bond motifs is 1. The van der Waals surface area contributed by atoms with E-state index >= 15 is 0 Å². The molecule has 1 N–H and O–H groups in total. The van der Waals surface area contributed by atoms with Crippen LogP contribution in [-0.2, 0) is 4.79 Å². The van der Waals surface area contributed by atoms with Gasteiger partial charge in [0.25, 0.3) is 5.91 Å². The van der Waals surface area contributed by atoms with Crippen LogP contribution in [0.4, 0.5) is 5.69 Å². The van der Waals surface area contributed by atoms with Crippen LogP contribution in [0, 0.1) is 0 Å². The number of hydrogen-bond acceptors (Lipinski definition) is 4. The van der Waals surface area contributed by atoms with E-state index in [1.54, 1.807) is 19.3 Å². The van der Waals surface area contributed by atoms with Crippen molar-refractivity contribution >= 4 is 17.4 Å². The van der Waals surface area contributed by atoms with E-state index in [9.17, 15) is 9.90 Å². The normalized spacial score (nSPS) is 17.6. The summed E-state index contributed by atoms with van der Waals surface area (Å²) in [6.45, 7) is 0.0168. The van der Waals surface area contributed by atoms with E-state index in [1.807, 2.05) is 0 Å². The Bertz CT molecular complexity index is 531. The number of likely N-dealkylation sites (N-methyl/N-ethyl adjacent to an activating group) is 1. The zero-order chi connectivity index (χ0) is 12.0. The second-order valence-corrected chi connectivity index (χ2v) is 4.24. The van der Waals surface area contributed by atoms with Crippen LogP contribution >= 0.6 is 0 Å². The van der Waals surface area contributed by atoms with Gasteiger partial charge in [-0.3, -0.25) is 4.79 Å². The first-order valence-corrected chi connectivity index (χ1v) is 5.47. The molecule has 0 aromatic carbocycles. The number of nitrogens with zero attached hydrogens (tertiary/aromatic N) is 2. The number of pyridine rings is 1. The van der Waals surface area contributed by atoms with Crippen molar-refractivity contribution in [3.63, 3.8) is 0 Å². The highest BCUT2D eigenvalue weighted by Gasteiger charge is 2.25. The lowest BCUT2D eigenvalue weighted by Gasteiger charge is -2.25. The number of carbonyl (C=O) groups is 1. The molecular formula is C12H12N2O3. The van der Waals surface area contributed by atoms with Crippen LogP contribution in [0.2, 0.25) is 0 Å². The number of anilines is 1. The minimum atomic E-state index is -0.116. The number of aliphatic hydroxyl groups excluding tert-OH is 1. The minimum absolute atomic E-state index is 0.0168. The number of hydrogen-bond donors (Lipinski definition) is 1. The average Bonchev–Trinajstić information content (AvgIpc) is 3.17. The van der Waals surface area contributed by atoms with Gasteiger partial charge in [0.2, 0.25) is 5.88 Å². The first kappa shape index (κ1) is 10.1. The predicted octanol–water partition coefficient (Wildman–Crippen LogP) is 1.50. The summed E-state index contributed by atoms with van der Waals surface area (Å²) >= 11 is 0. The van der Waals surface area contributed by atoms with Crippen molar-refractivity contribution < 1.29 is 14.6 Å². The summed E-state index contributed by atoms with van der Waals surface area (Å²) in [5.41, 5.74) is 2.28. The van der Waals surface area contributed by atoms with Gasteiger partial charge in [0.05, 0.1) is 0 Å². The summed E-state index contributed by atoms with van der Waals surface area (Å²) in [7, 11) is 1.68. The first-order chi connectivity index (χ1) is 8.16. The third kappa shape index (κ3) is 1.63. The molecule has 1 aliphatic heterocycles. The van der Waals surface area contributed by atoms with Gasteiger partial charge >= 0.3 is 0 Å². The van der Waals surface area contributed by atoms with Crippen molar-refractivity contribution in [1.82, 2.24) is 4.98 Å². The van der Waals surface area contributed by atoms with Crippen molar-refractivity contribution in [2.45, 2.75) is 12.8 Å². The standard InChI is InChI=1S/C12H12N2O3/c1-14-9-4-8(11(16)7-2-3-7)5-13-12(9)17-6-10(14)15/h4-5,16H,2-3,6H2,1H3. The summed E-state index contributed by atoms with van der Waals surface area (Å²) in [5, 5.41) is 9.91. The Hall–Kier alpha value is -2.04. The van der Waals surface area contributed by atoms with Crippen molar-refractivity contribution in [1.29, 1.82) is 0 Å². The molecule has 1 aromatic heterocycles. The van der Waals surface area contributed by atoms with Crippen LogP contribution in [-0.4, -0.2) is 29.7 Å². The molecule has 17 heavy (non-hydrogen) atoms. The highest BCUT2D eigenvalue weighted by molar-refractivity contribution is 5.97. The molecule has 3 rings (SSSR count). The average molecular weight is 232 g/mol. The Balaban J connectivity index is 2.06. The van der Waals surface area contributed by atoms with E-state index in [-0.39, 0.29) is 18.3 Å². The fourth-order valence-electron chi connectivity index (χ4n) is 1.79. The maximum absolute atomic E-state index is 11.5. The Kier molecular flexibility index (Phi) is 2.07. The van der Waals surface area contributed by atoms with E-state index in [1.165, 1.54) is 4.90 Å². The van der Waals surface area contributed by atoms with Gasteiger partial charge < -0.3 is 14.7 Å². The second kappa shape index (κ2) is 3.48. The molecular weight excluding hydrogens is 220 g/mol. The molecule has 1 aromatic rings. The van der Waals surface area contributed by atoms with Crippen molar-refractivity contribution in [2.24, 2.45) is 0 Å². The second-order valence-electron chi connectivity index (χ2n) is 4.24. The van der Waals surface area contributed by atoms with Gasteiger partial charge in [0.15, 0.2) is 6.61 Å². The Morgan fingerprint density at radius 1 is 1.53 bits per heavy atom. The summed E-state index contributed by atoms with van der Waals surface area (Å²) in [6, 6.07) is 1.74. The zero-order valence-electron chi connectivity index (χ0n) is 9.43. The molecule has 1 amide bonds. The van der Waals surface area contributed by atoms with Crippen LogP contribution in [0.5, 0.6) is 5.88 Å². The number of aromatic nitrogens is 1. The van der Waals surface area contributed by atoms with E-state index in [4.69, 9.17) is 4.74 Å². The van der Waals surface area contributed by atoms with Crippen molar-refractivity contribution in [3.8, 4) is 5.88 Å². The minimum Gasteiger partial charge on any atom is -0.507 e. The van der Waals surface area contributed by atoms with Crippen molar-refractivity contribution in [2.75, 3.05) is 18.6 Å². The van der Waals surface area contributed by atoms with Gasteiger partial charge in [-0.25, -0.2) is 4.98 Å². The fourth-order valence-corrected chi connectivity index (χ4v) is 1.79. The lowest BCUT2D eigenvalue weighted by Crippen LogP contribution is -2.35. The molecule has 1 aliphatic carbocycles. The molecule has 0 radical (unpaired) electrons. The van der Waals surface area contributed by atoms with Gasteiger partial charge in [-0.05, 0) is 24.5 Å². The maximum atomic E-state index is 11.5. The number of rotatable bonds is 1. The van der Waals surface area contributed by atoms with Crippen LogP contribution in [0.15, 0.2) is 17.8 Å². The van der Waals surface area contributed by atoms with E-state index in [0.717, 1.165) is 18.4 Å². The van der Waals surface area contributed by atoms with Gasteiger partial charge in [-0.15, -0.1) is 0 Å². The topological polar surface area (TPSA) is 62.7 Å². The molecule has 88 valence electrons. The third-order valence-electron chi connectivity index (χ3n) is 3.01. The van der Waals surface area contributed by atoms with Gasteiger partial charge in [0.1, 0.15) is 11.4 Å². The molecule has 5 nitrogen and oxygen atoms in total. The summed E-state index contributed by atoms with van der Waals surface area (Å²) in [4.78, 5) is 17.1. The number of aliphatic hydroxyl groups is 1. The summed E-state index contributed by atoms with van der Waals surface area (Å²) in [6.07, 6.45) is 3.45. The highest BCUT2D eigenvalue weighted by Crippen LogP contribution is 2.37. The van der Waals surface area contributed by atoms with E-state index < -0.39 is 0 Å². The Morgan fingerprint density at radius 2 is 2.29 bits per heavy atom. The predicted molar refractivity (Wildman–Crippen MR) is 61.9 cm³/mol. The SMILES string of the molecule is CN1C(=O)COc2ncc(C(O)=C3CC3)cc21. The highest BCUT2D eigenvalue weighted by atomic mass is 16.5. The molecule has 0 atom stereocenters. The fraction of sp³-hybridized carbons (Fsp3) is 0.333. The quantitative estimate of drug-likeness (QED) is 0.745. The smallest absolute Gasteiger partial charge is 0.264 e. The molecule has 0 unspecified atom stereocenters. The van der Waals surface area contributed by atoms with Crippen LogP contribution in [0.1, 0.15) is 18.4 Å². The summed E-state index contributed by atoms with van der Waals surface area (Å²) in [5.74, 6) is 0.603. The Morgan fingerprint density at radius 3 is 3.00 bits per heavy atom. The van der Waals surface area contributed by atoms with Crippen LogP contribution in [0.3, 0.4) is 0 Å². The maximum Gasteiger partial charge on any atom is 0.264 e. The van der Waals surface area contributed by atoms with Crippen LogP contribution < -0.4 is 9.64 Å². The molecule has 1 saturated carbocycles. The molecule has 0 saturated heterocycles. The van der Waals surface area contributed by atoms with Crippen LogP contribution in [0.25, 0.3) is 5.76 Å². The molecule has 2 heterocycles. The molecule has 0 spiro atoms. The monoisotopic (exact) mass is 232 g/mol. The third-order valence-corrected chi connectivity index (χ3v) is 3.01. The van der Waals surface area contributed by atoms with Gasteiger partial charge in [-0.1, -0.05) is 0 Å². The largest absolute Gasteiger partial charge is 0.507 e.